The van der Waals surface area contributed by atoms with E-state index in [1.54, 1.807) is 19.1 Å². The highest BCUT2D eigenvalue weighted by Crippen LogP contribution is 2.15. The number of rotatable bonds is 5. The van der Waals surface area contributed by atoms with Crippen molar-refractivity contribution in [2.45, 2.75) is 12.7 Å². The van der Waals surface area contributed by atoms with Crippen LogP contribution in [0, 0.1) is 12.7 Å². The number of aryl methyl sites for hydroxylation is 1. The zero-order valence-electron chi connectivity index (χ0n) is 12.7. The van der Waals surface area contributed by atoms with E-state index in [2.05, 4.69) is 15.4 Å². The van der Waals surface area contributed by atoms with Crippen molar-refractivity contribution in [2.24, 2.45) is 0 Å². The molecule has 24 heavy (non-hydrogen) atoms. The predicted molar refractivity (Wildman–Crippen MR) is 93.1 cm³/mol. The van der Waals surface area contributed by atoms with Gasteiger partial charge in [0.1, 0.15) is 10.8 Å². The van der Waals surface area contributed by atoms with E-state index >= 15 is 0 Å². The van der Waals surface area contributed by atoms with Gasteiger partial charge in [-0.1, -0.05) is 23.5 Å². The molecule has 2 heterocycles. The molecule has 3 aromatic rings. The lowest BCUT2D eigenvalue weighted by Crippen LogP contribution is -2.16. The molecule has 0 atom stereocenters. The summed E-state index contributed by atoms with van der Waals surface area (Å²) < 4.78 is 14.7. The van der Waals surface area contributed by atoms with Gasteiger partial charge in [0.05, 0.1) is 17.1 Å². The molecule has 0 saturated heterocycles. The summed E-state index contributed by atoms with van der Waals surface area (Å²) in [4.78, 5) is 28.7. The van der Waals surface area contributed by atoms with Gasteiger partial charge in [0.25, 0.3) is 5.56 Å². The third kappa shape index (κ3) is 3.80. The van der Waals surface area contributed by atoms with Crippen LogP contribution in [0.15, 0.2) is 35.1 Å². The summed E-state index contributed by atoms with van der Waals surface area (Å²) in [5, 5.41) is 7.34. The van der Waals surface area contributed by atoms with Gasteiger partial charge in [0.2, 0.25) is 10.9 Å². The fourth-order valence-electron chi connectivity index (χ4n) is 2.02. The normalized spacial score (nSPS) is 10.9. The Bertz CT molecular complexity index is 954. The molecular formula is C15H13FN4O2S2. The van der Waals surface area contributed by atoms with E-state index in [0.29, 0.717) is 16.4 Å². The van der Waals surface area contributed by atoms with Crippen LogP contribution in [-0.4, -0.2) is 26.3 Å². The quantitative estimate of drug-likeness (QED) is 0.753. The molecule has 1 N–H and O–H groups in total. The lowest BCUT2D eigenvalue weighted by Gasteiger charge is -2.06. The number of carbonyl (C=O) groups excluding carboxylic acids is 1. The first-order chi connectivity index (χ1) is 11.5. The lowest BCUT2D eigenvalue weighted by molar-refractivity contribution is -0.113. The molecule has 0 aliphatic rings. The SMILES string of the molecule is Cc1nn2c(=O)cc(CSCC(=O)Nc3ccccc3F)nc2s1. The fourth-order valence-corrected chi connectivity index (χ4v) is 3.51. The molecule has 0 spiro atoms. The second-order valence-corrected chi connectivity index (χ2v) is 7.07. The summed E-state index contributed by atoms with van der Waals surface area (Å²) in [5.41, 5.74) is 0.504. The zero-order chi connectivity index (χ0) is 17.1. The molecule has 1 amide bonds. The molecular weight excluding hydrogens is 351 g/mol. The van der Waals surface area contributed by atoms with Crippen LogP contribution in [0.25, 0.3) is 4.96 Å². The first kappa shape index (κ1) is 16.6. The van der Waals surface area contributed by atoms with Gasteiger partial charge in [0.15, 0.2) is 0 Å². The monoisotopic (exact) mass is 364 g/mol. The molecule has 0 bridgehead atoms. The number of benzene rings is 1. The van der Waals surface area contributed by atoms with E-state index < -0.39 is 5.82 Å². The maximum atomic E-state index is 13.5. The van der Waals surface area contributed by atoms with E-state index in [-0.39, 0.29) is 22.9 Å². The maximum Gasteiger partial charge on any atom is 0.275 e. The number of nitrogens with one attached hydrogen (secondary N) is 1. The molecule has 0 aliphatic carbocycles. The summed E-state index contributed by atoms with van der Waals surface area (Å²) >= 11 is 2.64. The molecule has 0 fully saturated rings. The van der Waals surface area contributed by atoms with Gasteiger partial charge >= 0.3 is 0 Å². The Morgan fingerprint density at radius 3 is 3.00 bits per heavy atom. The Kier molecular flexibility index (Phi) is 4.91. The largest absolute Gasteiger partial charge is 0.323 e. The number of para-hydroxylation sites is 1. The Morgan fingerprint density at radius 2 is 2.21 bits per heavy atom. The highest BCUT2D eigenvalue weighted by Gasteiger charge is 2.09. The Labute approximate surface area is 144 Å². The maximum absolute atomic E-state index is 13.5. The number of aromatic nitrogens is 3. The molecule has 0 unspecified atom stereocenters. The Hall–Kier alpha value is -2.26. The number of halogens is 1. The topological polar surface area (TPSA) is 76.4 Å². The summed E-state index contributed by atoms with van der Waals surface area (Å²) in [6, 6.07) is 7.40. The van der Waals surface area contributed by atoms with Crippen LogP contribution in [0.5, 0.6) is 0 Å². The predicted octanol–water partition coefficient (Wildman–Crippen LogP) is 2.47. The lowest BCUT2D eigenvalue weighted by atomic mass is 10.3. The minimum atomic E-state index is -0.475. The van der Waals surface area contributed by atoms with Gasteiger partial charge in [0, 0.05) is 11.8 Å². The smallest absolute Gasteiger partial charge is 0.275 e. The van der Waals surface area contributed by atoms with Crippen LogP contribution < -0.4 is 10.9 Å². The average molecular weight is 364 g/mol. The highest BCUT2D eigenvalue weighted by atomic mass is 32.2. The van der Waals surface area contributed by atoms with E-state index in [9.17, 15) is 14.0 Å². The van der Waals surface area contributed by atoms with Crippen LogP contribution in [0.3, 0.4) is 0 Å². The van der Waals surface area contributed by atoms with Crippen molar-refractivity contribution in [2.75, 3.05) is 11.1 Å². The van der Waals surface area contributed by atoms with Gasteiger partial charge < -0.3 is 5.32 Å². The van der Waals surface area contributed by atoms with Crippen LogP contribution in [0.4, 0.5) is 10.1 Å². The Morgan fingerprint density at radius 1 is 1.42 bits per heavy atom. The highest BCUT2D eigenvalue weighted by molar-refractivity contribution is 7.99. The first-order valence-electron chi connectivity index (χ1n) is 7.01. The molecule has 6 nitrogen and oxygen atoms in total. The second kappa shape index (κ2) is 7.10. The molecule has 1 aromatic carbocycles. The zero-order valence-corrected chi connectivity index (χ0v) is 14.3. The van der Waals surface area contributed by atoms with Crippen molar-refractivity contribution in [1.82, 2.24) is 14.6 Å². The van der Waals surface area contributed by atoms with Crippen molar-refractivity contribution in [1.29, 1.82) is 0 Å². The van der Waals surface area contributed by atoms with Gasteiger partial charge in [-0.2, -0.15) is 9.61 Å². The standard InChI is InChI=1S/C15H13FN4O2S2/c1-9-19-20-14(22)6-10(17-15(20)24-9)7-23-8-13(21)18-12-5-3-2-4-11(12)16/h2-6H,7-8H2,1H3,(H,18,21). The number of nitrogens with zero attached hydrogens (tertiary/aromatic N) is 3. The van der Waals surface area contributed by atoms with Crippen molar-refractivity contribution in [3.63, 3.8) is 0 Å². The van der Waals surface area contributed by atoms with Gasteiger partial charge in [-0.05, 0) is 19.1 Å². The molecule has 9 heteroatoms. The van der Waals surface area contributed by atoms with E-state index in [4.69, 9.17) is 0 Å². The van der Waals surface area contributed by atoms with E-state index in [1.807, 2.05) is 0 Å². The number of hydrogen-bond acceptors (Lipinski definition) is 6. The number of anilines is 1. The van der Waals surface area contributed by atoms with Crippen LogP contribution in [0.2, 0.25) is 0 Å². The van der Waals surface area contributed by atoms with Crippen molar-refractivity contribution < 1.29 is 9.18 Å². The van der Waals surface area contributed by atoms with Gasteiger partial charge in [-0.15, -0.1) is 11.8 Å². The molecule has 0 saturated carbocycles. The average Bonchev–Trinajstić information content (AvgIpc) is 2.91. The molecule has 3 rings (SSSR count). The fraction of sp³-hybridized carbons (Fsp3) is 0.200. The molecule has 0 radical (unpaired) electrons. The van der Waals surface area contributed by atoms with E-state index in [1.165, 1.54) is 45.8 Å². The minimum absolute atomic E-state index is 0.136. The van der Waals surface area contributed by atoms with Crippen molar-refractivity contribution >= 4 is 39.7 Å². The van der Waals surface area contributed by atoms with Crippen LogP contribution >= 0.6 is 23.1 Å². The van der Waals surface area contributed by atoms with Gasteiger partial charge in [-0.25, -0.2) is 9.37 Å². The minimum Gasteiger partial charge on any atom is -0.323 e. The van der Waals surface area contributed by atoms with Crippen LogP contribution in [0.1, 0.15) is 10.7 Å². The Balaban J connectivity index is 1.59. The molecule has 2 aromatic heterocycles. The summed E-state index contributed by atoms with van der Waals surface area (Å²) in [6.45, 7) is 1.81. The molecule has 124 valence electrons. The van der Waals surface area contributed by atoms with Crippen LogP contribution in [-0.2, 0) is 10.5 Å². The third-order valence-corrected chi connectivity index (χ3v) is 4.82. The molecule has 0 aliphatic heterocycles. The summed E-state index contributed by atoms with van der Waals surface area (Å²) in [6.07, 6.45) is 0. The van der Waals surface area contributed by atoms with E-state index in [0.717, 1.165) is 5.01 Å². The summed E-state index contributed by atoms with van der Waals surface area (Å²) in [7, 11) is 0. The number of amides is 1. The second-order valence-electron chi connectivity index (χ2n) is 4.92. The number of carbonyl (C=O) groups is 1. The number of thioether (sulfide) groups is 1. The van der Waals surface area contributed by atoms with Crippen molar-refractivity contribution in [3.8, 4) is 0 Å². The summed E-state index contributed by atoms with van der Waals surface area (Å²) in [5.74, 6) is -0.238. The number of fused-ring (bicyclic) bond motifs is 1. The van der Waals surface area contributed by atoms with Crippen molar-refractivity contribution in [3.05, 3.63) is 57.2 Å². The third-order valence-electron chi connectivity index (χ3n) is 3.03. The number of hydrogen-bond donors (Lipinski definition) is 1. The van der Waals surface area contributed by atoms with Gasteiger partial charge in [-0.3, -0.25) is 9.59 Å². The first-order valence-corrected chi connectivity index (χ1v) is 8.98.